The summed E-state index contributed by atoms with van der Waals surface area (Å²) in [6.07, 6.45) is -0.247. The number of amides is 3. The Balaban J connectivity index is 1.92. The van der Waals surface area contributed by atoms with Crippen molar-refractivity contribution >= 4 is 35.1 Å². The molecule has 1 atom stereocenters. The maximum atomic E-state index is 13.7. The van der Waals surface area contributed by atoms with Crippen molar-refractivity contribution in [1.82, 2.24) is 15.4 Å². The van der Waals surface area contributed by atoms with Crippen LogP contribution < -0.4 is 15.4 Å². The number of nitrogens with one attached hydrogen (secondary N) is 2. The van der Waals surface area contributed by atoms with Gasteiger partial charge in [0.15, 0.2) is 5.82 Å². The quantitative estimate of drug-likeness (QED) is 0.372. The molecule has 2 N–H and O–H groups in total. The zero-order chi connectivity index (χ0) is 27.9. The normalized spacial score (nSPS) is 11.9. The highest BCUT2D eigenvalue weighted by molar-refractivity contribution is 6.31. The minimum Gasteiger partial charge on any atom is -0.497 e. The Kier molecular flexibility index (Phi) is 9.52. The van der Waals surface area contributed by atoms with Crippen LogP contribution in [-0.4, -0.2) is 40.4 Å². The van der Waals surface area contributed by atoms with Crippen molar-refractivity contribution in [2.75, 3.05) is 12.4 Å². The molecular weight excluding hydrogens is 508 g/mol. The first-order valence-electron chi connectivity index (χ1n) is 12.2. The first-order valence-corrected chi connectivity index (χ1v) is 12.6. The number of carbonyl (C=O) groups excluding carboxylic acids is 3. The number of carbonyl (C=O) groups is 3. The van der Waals surface area contributed by atoms with Gasteiger partial charge in [0.05, 0.1) is 7.11 Å². The summed E-state index contributed by atoms with van der Waals surface area (Å²) in [7, 11) is 1.57. The molecular formula is C28H33ClN4O5. The van der Waals surface area contributed by atoms with Gasteiger partial charge in [-0.3, -0.25) is 14.4 Å². The van der Waals surface area contributed by atoms with E-state index in [9.17, 15) is 14.4 Å². The van der Waals surface area contributed by atoms with Gasteiger partial charge < -0.3 is 24.8 Å². The molecule has 1 heterocycles. The van der Waals surface area contributed by atoms with E-state index in [0.29, 0.717) is 22.1 Å². The predicted molar refractivity (Wildman–Crippen MR) is 145 cm³/mol. The van der Waals surface area contributed by atoms with Crippen LogP contribution in [0.1, 0.15) is 56.5 Å². The number of aromatic nitrogens is 1. The van der Waals surface area contributed by atoms with Gasteiger partial charge in [-0.25, -0.2) is 0 Å². The molecule has 38 heavy (non-hydrogen) atoms. The van der Waals surface area contributed by atoms with Crippen LogP contribution in [-0.2, 0) is 20.9 Å². The van der Waals surface area contributed by atoms with Crippen LogP contribution in [0.4, 0.5) is 5.82 Å². The fourth-order valence-corrected chi connectivity index (χ4v) is 4.07. The minimum absolute atomic E-state index is 0.111. The number of methoxy groups -OCH3 is 1. The molecule has 0 radical (unpaired) electrons. The molecule has 0 saturated carbocycles. The number of ether oxygens (including phenoxy) is 1. The third-order valence-corrected chi connectivity index (χ3v) is 5.90. The maximum Gasteiger partial charge on any atom is 0.247 e. The third-order valence-electron chi connectivity index (χ3n) is 5.55. The van der Waals surface area contributed by atoms with E-state index >= 15 is 0 Å². The molecule has 1 aromatic heterocycles. The Labute approximate surface area is 227 Å². The molecule has 0 saturated heterocycles. The minimum atomic E-state index is -1.03. The van der Waals surface area contributed by atoms with Gasteiger partial charge in [0.25, 0.3) is 0 Å². The monoisotopic (exact) mass is 540 g/mol. The molecule has 202 valence electrons. The summed E-state index contributed by atoms with van der Waals surface area (Å²) in [6, 6.07) is 14.7. The second-order valence-corrected chi connectivity index (χ2v) is 10.3. The number of aryl methyl sites for hydroxylation is 1. The van der Waals surface area contributed by atoms with E-state index < -0.39 is 17.5 Å². The highest BCUT2D eigenvalue weighted by atomic mass is 35.5. The van der Waals surface area contributed by atoms with E-state index in [4.69, 9.17) is 20.9 Å². The Morgan fingerprint density at radius 1 is 1.08 bits per heavy atom. The standard InChI is InChI=1S/C28H33ClN4O5/c1-18-16-23(32-38-18)30-24(34)14-15-25(35)33(17-19-10-12-20(37-5)13-11-19)26(27(36)31-28(2,3)4)21-8-6-7-9-22(21)29/h6-13,16,26H,14-15,17H2,1-5H3,(H,31,36)(H,30,32,34)/t26-/m1/s1. The van der Waals surface area contributed by atoms with E-state index in [0.717, 1.165) is 5.56 Å². The number of hydrogen-bond donors (Lipinski definition) is 2. The fraction of sp³-hybridized carbons (Fsp3) is 0.357. The molecule has 0 aliphatic heterocycles. The van der Waals surface area contributed by atoms with E-state index in [1.807, 2.05) is 32.9 Å². The van der Waals surface area contributed by atoms with E-state index in [-0.39, 0.29) is 37.0 Å². The number of hydrogen-bond acceptors (Lipinski definition) is 6. The second kappa shape index (κ2) is 12.6. The van der Waals surface area contributed by atoms with Crippen molar-refractivity contribution in [3.05, 3.63) is 76.5 Å². The molecule has 10 heteroatoms. The molecule has 0 fully saturated rings. The summed E-state index contributed by atoms with van der Waals surface area (Å²) in [5, 5.41) is 9.69. The first kappa shape index (κ1) is 28.7. The average Bonchev–Trinajstić information content (AvgIpc) is 3.26. The molecule has 0 unspecified atom stereocenters. The highest BCUT2D eigenvalue weighted by Crippen LogP contribution is 2.31. The van der Waals surface area contributed by atoms with Gasteiger partial charge in [0.2, 0.25) is 17.7 Å². The van der Waals surface area contributed by atoms with Crippen molar-refractivity contribution < 1.29 is 23.6 Å². The largest absolute Gasteiger partial charge is 0.497 e. The lowest BCUT2D eigenvalue weighted by atomic mass is 10.00. The predicted octanol–water partition coefficient (Wildman–Crippen LogP) is 5.05. The van der Waals surface area contributed by atoms with Gasteiger partial charge >= 0.3 is 0 Å². The van der Waals surface area contributed by atoms with Crippen LogP contribution in [0.5, 0.6) is 5.75 Å². The molecule has 0 aliphatic carbocycles. The van der Waals surface area contributed by atoms with Gasteiger partial charge in [0.1, 0.15) is 17.6 Å². The number of nitrogens with zero attached hydrogens (tertiary/aromatic N) is 2. The number of anilines is 1. The van der Waals surface area contributed by atoms with Gasteiger partial charge in [-0.15, -0.1) is 0 Å². The number of rotatable bonds is 10. The molecule has 9 nitrogen and oxygen atoms in total. The summed E-state index contributed by atoms with van der Waals surface area (Å²) in [5.74, 6) is 0.322. The number of halogens is 1. The Morgan fingerprint density at radius 2 is 1.76 bits per heavy atom. The molecule has 0 aliphatic rings. The van der Waals surface area contributed by atoms with E-state index in [2.05, 4.69) is 15.8 Å². The van der Waals surface area contributed by atoms with Crippen LogP contribution in [0.15, 0.2) is 59.1 Å². The van der Waals surface area contributed by atoms with Gasteiger partial charge in [-0.2, -0.15) is 0 Å². The van der Waals surface area contributed by atoms with Gasteiger partial charge in [-0.1, -0.05) is 47.1 Å². The third kappa shape index (κ3) is 8.08. The van der Waals surface area contributed by atoms with Crippen molar-refractivity contribution in [1.29, 1.82) is 0 Å². The van der Waals surface area contributed by atoms with Gasteiger partial charge in [0, 0.05) is 41.6 Å². The Hall–Kier alpha value is -3.85. The molecule has 3 amide bonds. The summed E-state index contributed by atoms with van der Waals surface area (Å²) in [6.45, 7) is 7.40. The summed E-state index contributed by atoms with van der Waals surface area (Å²) in [5.41, 5.74) is 0.712. The van der Waals surface area contributed by atoms with Crippen molar-refractivity contribution in [3.63, 3.8) is 0 Å². The van der Waals surface area contributed by atoms with E-state index in [1.54, 1.807) is 56.5 Å². The smallest absolute Gasteiger partial charge is 0.247 e. The number of benzene rings is 2. The Bertz CT molecular complexity index is 1270. The van der Waals surface area contributed by atoms with Crippen LogP contribution >= 0.6 is 11.6 Å². The molecule has 3 rings (SSSR count). The SMILES string of the molecule is COc1ccc(CN(C(=O)CCC(=O)Nc2cc(C)on2)[C@@H](C(=O)NC(C)(C)C)c2ccccc2Cl)cc1. The zero-order valence-corrected chi connectivity index (χ0v) is 23.0. The van der Waals surface area contributed by atoms with Crippen LogP contribution in [0, 0.1) is 6.92 Å². The van der Waals surface area contributed by atoms with Crippen molar-refractivity contribution in [2.24, 2.45) is 0 Å². The summed E-state index contributed by atoms with van der Waals surface area (Å²) < 4.78 is 10.2. The molecule has 3 aromatic rings. The average molecular weight is 541 g/mol. The van der Waals surface area contributed by atoms with Gasteiger partial charge in [-0.05, 0) is 51.5 Å². The highest BCUT2D eigenvalue weighted by Gasteiger charge is 2.34. The summed E-state index contributed by atoms with van der Waals surface area (Å²) in [4.78, 5) is 41.3. The lowest BCUT2D eigenvalue weighted by Crippen LogP contribution is -2.49. The summed E-state index contributed by atoms with van der Waals surface area (Å²) >= 11 is 6.53. The van der Waals surface area contributed by atoms with Crippen LogP contribution in [0.3, 0.4) is 0 Å². The molecule has 2 aromatic carbocycles. The second-order valence-electron chi connectivity index (χ2n) is 9.90. The topological polar surface area (TPSA) is 114 Å². The zero-order valence-electron chi connectivity index (χ0n) is 22.2. The molecule has 0 spiro atoms. The van der Waals surface area contributed by atoms with Crippen molar-refractivity contribution in [2.45, 2.75) is 58.7 Å². The lowest BCUT2D eigenvalue weighted by molar-refractivity contribution is -0.142. The maximum absolute atomic E-state index is 13.7. The van der Waals surface area contributed by atoms with Crippen LogP contribution in [0.25, 0.3) is 0 Å². The van der Waals surface area contributed by atoms with Crippen LogP contribution in [0.2, 0.25) is 5.02 Å². The first-order chi connectivity index (χ1) is 18.0. The Morgan fingerprint density at radius 3 is 2.34 bits per heavy atom. The molecule has 0 bridgehead atoms. The van der Waals surface area contributed by atoms with E-state index in [1.165, 1.54) is 4.90 Å². The lowest BCUT2D eigenvalue weighted by Gasteiger charge is -2.34. The fourth-order valence-electron chi connectivity index (χ4n) is 3.83. The van der Waals surface area contributed by atoms with Crippen molar-refractivity contribution in [3.8, 4) is 5.75 Å².